The van der Waals surface area contributed by atoms with Crippen LogP contribution in [0.5, 0.6) is 0 Å². The Bertz CT molecular complexity index is 605. The van der Waals surface area contributed by atoms with E-state index in [-0.39, 0.29) is 12.3 Å². The molecule has 1 heterocycles. The number of Topliss-reactive ketones (excluding diaryl/α,β-unsaturated/α-hetero) is 1. The minimum absolute atomic E-state index is 0.118. The van der Waals surface area contributed by atoms with E-state index in [2.05, 4.69) is 4.76 Å². The third-order valence-corrected chi connectivity index (χ3v) is 5.63. The Labute approximate surface area is 147 Å². The number of nitrogens with two attached hydrogens (primary N) is 1. The monoisotopic (exact) mass is 372 g/mol. The number of rotatable bonds is 3. The van der Waals surface area contributed by atoms with Crippen molar-refractivity contribution in [3.05, 3.63) is 29.3 Å². The lowest BCUT2D eigenvalue weighted by molar-refractivity contribution is -0.134. The second-order valence-electron chi connectivity index (χ2n) is 5.02. The zero-order chi connectivity index (χ0) is 18.1. The maximum absolute atomic E-state index is 12.1. The summed E-state index contributed by atoms with van der Waals surface area (Å²) in [5, 5.41) is 9.07. The predicted octanol–water partition coefficient (Wildman–Crippen LogP) is 2.58. The standard InChI is InChI=1S/C14H18ClN2O2P.C2H4O2/c1-2-12-11(18)7-8-20(17-14(9-16)19-12)13-6-4-3-5-10(13)15;1-2(3)4/h3-6,12H,2,7-9,16H2,1H3;1H3,(H,3,4)/b17-14-;. The Kier molecular flexibility index (Phi) is 8.90. The van der Waals surface area contributed by atoms with Gasteiger partial charge in [-0.05, 0) is 18.6 Å². The van der Waals surface area contributed by atoms with Gasteiger partial charge in [0.15, 0.2) is 11.9 Å². The van der Waals surface area contributed by atoms with Crippen molar-refractivity contribution in [2.45, 2.75) is 32.8 Å². The maximum Gasteiger partial charge on any atom is 0.300 e. The van der Waals surface area contributed by atoms with E-state index in [0.29, 0.717) is 29.9 Å². The van der Waals surface area contributed by atoms with E-state index >= 15 is 0 Å². The van der Waals surface area contributed by atoms with Gasteiger partial charge >= 0.3 is 0 Å². The molecule has 0 aliphatic carbocycles. The number of carboxylic acids is 1. The van der Waals surface area contributed by atoms with E-state index in [1.165, 1.54) is 0 Å². The molecule has 0 aromatic heterocycles. The van der Waals surface area contributed by atoms with Gasteiger partial charge in [-0.2, -0.15) is 0 Å². The molecule has 0 amide bonds. The zero-order valence-corrected chi connectivity index (χ0v) is 15.4. The van der Waals surface area contributed by atoms with Crippen LogP contribution in [0.25, 0.3) is 0 Å². The van der Waals surface area contributed by atoms with Crippen LogP contribution in [0.2, 0.25) is 5.02 Å². The molecule has 2 rings (SSSR count). The molecular weight excluding hydrogens is 351 g/mol. The molecule has 6 nitrogen and oxygen atoms in total. The molecule has 1 aliphatic rings. The molecule has 0 bridgehead atoms. The highest BCUT2D eigenvalue weighted by Crippen LogP contribution is 2.40. The van der Waals surface area contributed by atoms with Crippen LogP contribution in [0.3, 0.4) is 0 Å². The fraction of sp³-hybridized carbons (Fsp3) is 0.438. The Morgan fingerprint density at radius 2 is 2.12 bits per heavy atom. The van der Waals surface area contributed by atoms with Crippen molar-refractivity contribution in [3.63, 3.8) is 0 Å². The van der Waals surface area contributed by atoms with E-state index in [0.717, 1.165) is 12.2 Å². The number of ketones is 1. The summed E-state index contributed by atoms with van der Waals surface area (Å²) in [6.45, 7) is 3.21. The fourth-order valence-electron chi connectivity index (χ4n) is 2.05. The first kappa shape index (κ1) is 20.6. The van der Waals surface area contributed by atoms with Crippen molar-refractivity contribution in [1.82, 2.24) is 0 Å². The second kappa shape index (κ2) is 10.4. The van der Waals surface area contributed by atoms with Gasteiger partial charge in [-0.1, -0.05) is 36.7 Å². The molecule has 0 fully saturated rings. The number of nitrogens with zero attached hydrogens (tertiary/aromatic N) is 1. The maximum atomic E-state index is 12.1. The lowest BCUT2D eigenvalue weighted by Crippen LogP contribution is -2.32. The highest BCUT2D eigenvalue weighted by Gasteiger charge is 2.25. The number of halogens is 1. The largest absolute Gasteiger partial charge is 0.481 e. The predicted molar refractivity (Wildman–Crippen MR) is 97.5 cm³/mol. The van der Waals surface area contributed by atoms with Gasteiger partial charge in [0, 0.05) is 18.6 Å². The summed E-state index contributed by atoms with van der Waals surface area (Å²) in [5.74, 6) is -0.260. The molecule has 1 aliphatic heterocycles. The van der Waals surface area contributed by atoms with E-state index in [9.17, 15) is 4.79 Å². The molecule has 3 N–H and O–H groups in total. The van der Waals surface area contributed by atoms with E-state index in [1.54, 1.807) is 0 Å². The van der Waals surface area contributed by atoms with Crippen LogP contribution in [-0.2, 0) is 14.3 Å². The van der Waals surface area contributed by atoms with Crippen LogP contribution in [-0.4, -0.2) is 41.6 Å². The molecular formula is C16H22ClN2O4P. The first-order valence-electron chi connectivity index (χ1n) is 7.57. The van der Waals surface area contributed by atoms with E-state index < -0.39 is 20.1 Å². The average Bonchev–Trinajstić information content (AvgIpc) is 2.52. The molecule has 24 heavy (non-hydrogen) atoms. The highest BCUT2D eigenvalue weighted by atomic mass is 35.5. The molecule has 0 spiro atoms. The average molecular weight is 373 g/mol. The number of carboxylic acid groups (broad SMARTS) is 1. The lowest BCUT2D eigenvalue weighted by atomic mass is 10.1. The van der Waals surface area contributed by atoms with Gasteiger partial charge in [-0.15, -0.1) is 0 Å². The van der Waals surface area contributed by atoms with Crippen molar-refractivity contribution in [3.8, 4) is 0 Å². The smallest absolute Gasteiger partial charge is 0.300 e. The quantitative estimate of drug-likeness (QED) is 0.794. The summed E-state index contributed by atoms with van der Waals surface area (Å²) >= 11 is 6.22. The van der Waals surface area contributed by atoms with Gasteiger partial charge in [0.05, 0.1) is 19.6 Å². The van der Waals surface area contributed by atoms with Crippen molar-refractivity contribution < 1.29 is 19.4 Å². The van der Waals surface area contributed by atoms with Crippen molar-refractivity contribution >= 4 is 42.6 Å². The molecule has 1 aromatic carbocycles. The van der Waals surface area contributed by atoms with Gasteiger partial charge in [0.25, 0.3) is 5.97 Å². The van der Waals surface area contributed by atoms with Crippen LogP contribution in [0, 0.1) is 0 Å². The number of benzene rings is 1. The summed E-state index contributed by atoms with van der Waals surface area (Å²) in [6, 6.07) is 7.60. The lowest BCUT2D eigenvalue weighted by Gasteiger charge is -2.23. The number of ether oxygens (including phenoxy) is 1. The normalized spacial score (nSPS) is 22.8. The topological polar surface area (TPSA) is 102 Å². The van der Waals surface area contributed by atoms with Crippen LogP contribution in [0.15, 0.2) is 29.0 Å². The number of carbonyl (C=O) groups excluding carboxylic acids is 1. The van der Waals surface area contributed by atoms with E-state index in [4.69, 9.17) is 32.0 Å². The minimum Gasteiger partial charge on any atom is -0.481 e. The molecule has 2 atom stereocenters. The first-order chi connectivity index (χ1) is 11.4. The van der Waals surface area contributed by atoms with Crippen LogP contribution < -0.4 is 11.0 Å². The van der Waals surface area contributed by atoms with Crippen LogP contribution >= 0.6 is 19.7 Å². The Balaban J connectivity index is 0.000000648. The van der Waals surface area contributed by atoms with Crippen molar-refractivity contribution in [1.29, 1.82) is 0 Å². The van der Waals surface area contributed by atoms with Crippen molar-refractivity contribution in [2.24, 2.45) is 10.5 Å². The molecule has 0 saturated heterocycles. The Hall–Kier alpha value is -1.49. The van der Waals surface area contributed by atoms with Gasteiger partial charge in [-0.3, -0.25) is 9.59 Å². The summed E-state index contributed by atoms with van der Waals surface area (Å²) in [7, 11) is -0.897. The Morgan fingerprint density at radius 1 is 1.50 bits per heavy atom. The molecule has 0 saturated carbocycles. The summed E-state index contributed by atoms with van der Waals surface area (Å²) < 4.78 is 10.3. The number of aliphatic carboxylic acids is 1. The Morgan fingerprint density at radius 3 is 2.67 bits per heavy atom. The van der Waals surface area contributed by atoms with Gasteiger partial charge in [-0.25, -0.2) is 4.76 Å². The third-order valence-electron chi connectivity index (χ3n) is 3.12. The fourth-order valence-corrected chi connectivity index (χ4v) is 4.34. The summed E-state index contributed by atoms with van der Waals surface area (Å²) in [6.07, 6.45) is 1.39. The highest BCUT2D eigenvalue weighted by molar-refractivity contribution is 7.64. The second-order valence-corrected chi connectivity index (χ2v) is 7.36. The minimum atomic E-state index is -0.897. The molecule has 8 heteroatoms. The first-order valence-corrected chi connectivity index (χ1v) is 9.43. The molecule has 132 valence electrons. The van der Waals surface area contributed by atoms with E-state index in [1.807, 2.05) is 31.2 Å². The van der Waals surface area contributed by atoms with Crippen molar-refractivity contribution in [2.75, 3.05) is 12.7 Å². The SMILES string of the molecule is CC(=O)O.CCC1O/C(CN)=N\P(c2ccccc2Cl)CCC1=O. The third kappa shape index (κ3) is 6.56. The molecule has 2 unspecified atom stereocenters. The number of carbonyl (C=O) groups is 2. The van der Waals surface area contributed by atoms with Gasteiger partial charge in [0.2, 0.25) is 5.90 Å². The molecule has 1 aromatic rings. The summed E-state index contributed by atoms with van der Waals surface area (Å²) in [5.41, 5.74) is 5.67. The van der Waals surface area contributed by atoms with Gasteiger partial charge in [0.1, 0.15) is 0 Å². The van der Waals surface area contributed by atoms with Gasteiger partial charge < -0.3 is 15.6 Å². The number of hydrogen-bond donors (Lipinski definition) is 2. The van der Waals surface area contributed by atoms with Crippen LogP contribution in [0.4, 0.5) is 0 Å². The molecule has 0 radical (unpaired) electrons. The zero-order valence-electron chi connectivity index (χ0n) is 13.7. The summed E-state index contributed by atoms with van der Waals surface area (Å²) in [4.78, 5) is 21.1. The number of hydrogen-bond acceptors (Lipinski definition) is 5. The van der Waals surface area contributed by atoms with Crippen LogP contribution in [0.1, 0.15) is 26.7 Å².